The summed E-state index contributed by atoms with van der Waals surface area (Å²) in [5.41, 5.74) is -0.525. The Morgan fingerprint density at radius 3 is 2.70 bits per heavy atom. The highest BCUT2D eigenvalue weighted by Crippen LogP contribution is 2.36. The van der Waals surface area contributed by atoms with Crippen molar-refractivity contribution in [1.29, 1.82) is 0 Å². The summed E-state index contributed by atoms with van der Waals surface area (Å²) in [6, 6.07) is 12.3. The maximum atomic E-state index is 14.6. The van der Waals surface area contributed by atoms with Crippen LogP contribution >= 0.6 is 0 Å². The Morgan fingerprint density at radius 2 is 1.94 bits per heavy atom. The quantitative estimate of drug-likeness (QED) is 0.557. The molecular formula is C24H21FN2O6. The summed E-state index contributed by atoms with van der Waals surface area (Å²) in [6.45, 7) is 3.02. The number of amides is 1. The number of hydrogen-bond acceptors (Lipinski definition) is 6. The van der Waals surface area contributed by atoms with Gasteiger partial charge in [0.25, 0.3) is 5.91 Å². The van der Waals surface area contributed by atoms with E-state index >= 15 is 0 Å². The molecule has 0 fully saturated rings. The Balaban J connectivity index is 1.47. The molecule has 9 heteroatoms. The molecule has 8 nitrogen and oxygen atoms in total. The largest absolute Gasteiger partial charge is 0.481 e. The number of rotatable bonds is 7. The van der Waals surface area contributed by atoms with Gasteiger partial charge >= 0.3 is 5.97 Å². The minimum atomic E-state index is -1.24. The lowest BCUT2D eigenvalue weighted by Crippen LogP contribution is -2.29. The Kier molecular flexibility index (Phi) is 5.87. The van der Waals surface area contributed by atoms with Crippen LogP contribution < -0.4 is 19.5 Å². The third-order valence-corrected chi connectivity index (χ3v) is 5.32. The lowest BCUT2D eigenvalue weighted by Gasteiger charge is -2.20. The molecule has 170 valence electrons. The van der Waals surface area contributed by atoms with Gasteiger partial charge in [-0.05, 0) is 49.7 Å². The number of fused-ring (bicyclic) bond motifs is 1. The van der Waals surface area contributed by atoms with Crippen molar-refractivity contribution in [3.63, 3.8) is 0 Å². The van der Waals surface area contributed by atoms with Crippen molar-refractivity contribution in [1.82, 2.24) is 10.3 Å². The van der Waals surface area contributed by atoms with Crippen LogP contribution in [0.15, 0.2) is 54.7 Å². The number of benzene rings is 2. The van der Waals surface area contributed by atoms with Gasteiger partial charge in [0, 0.05) is 24.4 Å². The molecule has 3 aromatic rings. The van der Waals surface area contributed by atoms with Crippen LogP contribution in [0.5, 0.6) is 23.1 Å². The van der Waals surface area contributed by atoms with Crippen molar-refractivity contribution in [2.45, 2.75) is 25.8 Å². The summed E-state index contributed by atoms with van der Waals surface area (Å²) in [5.74, 6) is -0.559. The van der Waals surface area contributed by atoms with Crippen molar-refractivity contribution < 1.29 is 33.3 Å². The van der Waals surface area contributed by atoms with Gasteiger partial charge < -0.3 is 24.6 Å². The number of carboxylic acids is 1. The van der Waals surface area contributed by atoms with Gasteiger partial charge in [0.05, 0.1) is 5.41 Å². The van der Waals surface area contributed by atoms with Gasteiger partial charge in [-0.15, -0.1) is 0 Å². The smallest absolute Gasteiger partial charge is 0.313 e. The normalized spacial score (nSPS) is 12.3. The zero-order chi connectivity index (χ0) is 23.6. The van der Waals surface area contributed by atoms with E-state index < -0.39 is 23.1 Å². The summed E-state index contributed by atoms with van der Waals surface area (Å²) in [4.78, 5) is 28.3. The van der Waals surface area contributed by atoms with Gasteiger partial charge in [-0.2, -0.15) is 0 Å². The number of carbonyl (C=O) groups excluding carboxylic acids is 1. The fourth-order valence-corrected chi connectivity index (χ4v) is 3.17. The fourth-order valence-electron chi connectivity index (χ4n) is 3.17. The van der Waals surface area contributed by atoms with Gasteiger partial charge in [-0.1, -0.05) is 12.1 Å². The van der Waals surface area contributed by atoms with Crippen molar-refractivity contribution in [2.75, 3.05) is 6.79 Å². The Labute approximate surface area is 188 Å². The van der Waals surface area contributed by atoms with E-state index in [2.05, 4.69) is 10.3 Å². The van der Waals surface area contributed by atoms with Crippen LogP contribution in [0, 0.1) is 5.82 Å². The highest BCUT2D eigenvalue weighted by molar-refractivity contribution is 5.96. The molecule has 2 heterocycles. The third-order valence-electron chi connectivity index (χ3n) is 5.32. The molecule has 0 spiro atoms. The molecule has 1 aliphatic rings. The number of carboxylic acid groups (broad SMARTS) is 1. The first-order chi connectivity index (χ1) is 15.8. The second-order valence-corrected chi connectivity index (χ2v) is 7.89. The van der Waals surface area contributed by atoms with E-state index in [-0.39, 0.29) is 30.3 Å². The molecule has 2 aromatic carbocycles. The van der Waals surface area contributed by atoms with E-state index in [9.17, 15) is 19.1 Å². The minimum Gasteiger partial charge on any atom is -0.481 e. The lowest BCUT2D eigenvalue weighted by atomic mass is 9.84. The summed E-state index contributed by atoms with van der Waals surface area (Å²) in [7, 11) is 0. The summed E-state index contributed by atoms with van der Waals surface area (Å²) < 4.78 is 30.9. The number of ether oxygens (including phenoxy) is 3. The molecule has 0 unspecified atom stereocenters. The molecule has 2 N–H and O–H groups in total. The number of nitrogens with zero attached hydrogens (tertiary/aromatic N) is 1. The minimum absolute atomic E-state index is 0.0768. The van der Waals surface area contributed by atoms with Gasteiger partial charge in [-0.3, -0.25) is 9.59 Å². The summed E-state index contributed by atoms with van der Waals surface area (Å²) in [5, 5.41) is 12.0. The molecule has 1 aliphatic heterocycles. The van der Waals surface area contributed by atoms with E-state index in [1.807, 2.05) is 0 Å². The van der Waals surface area contributed by atoms with E-state index in [4.69, 9.17) is 14.2 Å². The monoisotopic (exact) mass is 452 g/mol. The Morgan fingerprint density at radius 1 is 1.15 bits per heavy atom. The van der Waals surface area contributed by atoms with Crippen molar-refractivity contribution in [3.8, 4) is 23.1 Å². The van der Waals surface area contributed by atoms with Crippen molar-refractivity contribution in [2.24, 2.45) is 0 Å². The van der Waals surface area contributed by atoms with Crippen LogP contribution in [0.2, 0.25) is 0 Å². The number of carbonyl (C=O) groups is 2. The van der Waals surface area contributed by atoms with E-state index in [1.165, 1.54) is 38.2 Å². The summed E-state index contributed by atoms with van der Waals surface area (Å²) in [6.07, 6.45) is 1.49. The van der Waals surface area contributed by atoms with Crippen LogP contribution in [0.4, 0.5) is 4.39 Å². The van der Waals surface area contributed by atoms with Crippen LogP contribution in [-0.4, -0.2) is 28.8 Å². The zero-order valence-corrected chi connectivity index (χ0v) is 17.9. The predicted molar refractivity (Wildman–Crippen MR) is 115 cm³/mol. The third kappa shape index (κ3) is 4.57. The number of halogens is 1. The molecule has 0 saturated carbocycles. The van der Waals surface area contributed by atoms with Crippen molar-refractivity contribution in [3.05, 3.63) is 77.2 Å². The number of aromatic nitrogens is 1. The molecule has 0 bridgehead atoms. The number of hydrogen-bond donors (Lipinski definition) is 2. The van der Waals surface area contributed by atoms with Gasteiger partial charge in [0.1, 0.15) is 17.1 Å². The second-order valence-electron chi connectivity index (χ2n) is 7.89. The Hall–Kier alpha value is -4.14. The van der Waals surface area contributed by atoms with E-state index in [0.717, 1.165) is 0 Å². The van der Waals surface area contributed by atoms with Crippen molar-refractivity contribution >= 4 is 11.9 Å². The van der Waals surface area contributed by atoms with E-state index in [1.54, 1.807) is 30.3 Å². The van der Waals surface area contributed by atoms with Gasteiger partial charge in [-0.25, -0.2) is 9.37 Å². The number of nitrogens with one attached hydrogen (secondary N) is 1. The van der Waals surface area contributed by atoms with Gasteiger partial charge in [0.2, 0.25) is 12.7 Å². The topological polar surface area (TPSA) is 107 Å². The molecule has 1 amide bonds. The molecule has 1 aromatic heterocycles. The van der Waals surface area contributed by atoms with Crippen LogP contribution in [0.1, 0.15) is 35.3 Å². The SMILES string of the molecule is CC(C)(C(=O)O)c1ccc(CNC(=O)c2cccnc2Oc2ccc3c(c2)OCO3)c(F)c1. The van der Waals surface area contributed by atoms with Crippen LogP contribution in [0.25, 0.3) is 0 Å². The molecule has 4 rings (SSSR count). The van der Waals surface area contributed by atoms with Crippen LogP contribution in [-0.2, 0) is 16.8 Å². The predicted octanol–water partition coefficient (Wildman–Crippen LogP) is 4.03. The molecule has 0 atom stereocenters. The second kappa shape index (κ2) is 8.78. The fraction of sp³-hybridized carbons (Fsp3) is 0.208. The molecular weight excluding hydrogens is 431 g/mol. The molecule has 0 aliphatic carbocycles. The number of aliphatic carboxylic acids is 1. The maximum Gasteiger partial charge on any atom is 0.313 e. The standard InChI is InChI=1S/C24H21FN2O6/c1-24(2,23(29)30)15-6-5-14(18(25)10-15)12-27-21(28)17-4-3-9-26-22(17)33-16-7-8-19-20(11-16)32-13-31-19/h3-11H,12-13H2,1-2H3,(H,27,28)(H,29,30). The highest BCUT2D eigenvalue weighted by atomic mass is 19.1. The average Bonchev–Trinajstić information content (AvgIpc) is 3.26. The first kappa shape index (κ1) is 22.1. The number of pyridine rings is 1. The Bertz CT molecular complexity index is 1230. The first-order valence-electron chi connectivity index (χ1n) is 10.1. The molecule has 33 heavy (non-hydrogen) atoms. The van der Waals surface area contributed by atoms with Gasteiger partial charge in [0.15, 0.2) is 11.5 Å². The molecule has 0 saturated heterocycles. The summed E-state index contributed by atoms with van der Waals surface area (Å²) >= 11 is 0. The average molecular weight is 452 g/mol. The zero-order valence-electron chi connectivity index (χ0n) is 17.9. The lowest BCUT2D eigenvalue weighted by molar-refractivity contribution is -0.142. The highest BCUT2D eigenvalue weighted by Gasteiger charge is 2.30. The molecule has 0 radical (unpaired) electrons. The van der Waals surface area contributed by atoms with E-state index in [0.29, 0.717) is 22.8 Å². The van der Waals surface area contributed by atoms with Crippen LogP contribution in [0.3, 0.4) is 0 Å². The first-order valence-corrected chi connectivity index (χ1v) is 10.1. The maximum absolute atomic E-state index is 14.6.